The van der Waals surface area contributed by atoms with Gasteiger partial charge >= 0.3 is 0 Å². The third-order valence-corrected chi connectivity index (χ3v) is 2.91. The molecule has 1 N–H and O–H groups in total. The van der Waals surface area contributed by atoms with Crippen molar-refractivity contribution in [2.24, 2.45) is 0 Å². The number of nitrogens with one attached hydrogen (secondary N) is 1. The largest absolute Gasteiger partial charge is 0.378 e. The summed E-state index contributed by atoms with van der Waals surface area (Å²) in [6, 6.07) is 1.94. The van der Waals surface area contributed by atoms with Crippen molar-refractivity contribution in [2.75, 3.05) is 25.6 Å². The van der Waals surface area contributed by atoms with E-state index < -0.39 is 0 Å². The van der Waals surface area contributed by atoms with Crippen LogP contribution in [0.5, 0.6) is 0 Å². The van der Waals surface area contributed by atoms with E-state index in [9.17, 15) is 0 Å². The van der Waals surface area contributed by atoms with E-state index in [1.54, 1.807) is 7.11 Å². The second-order valence-corrected chi connectivity index (χ2v) is 4.46. The van der Waals surface area contributed by atoms with Gasteiger partial charge in [0.25, 0.3) is 0 Å². The Morgan fingerprint density at radius 2 is 2.39 bits per heavy atom. The lowest BCUT2D eigenvalue weighted by Crippen LogP contribution is -2.14. The van der Waals surface area contributed by atoms with E-state index in [0.29, 0.717) is 6.61 Å². The number of hydrogen-bond acceptors (Lipinski definition) is 5. The molecule has 1 unspecified atom stereocenters. The zero-order valence-corrected chi connectivity index (χ0v) is 11.1. The molecule has 1 aromatic heterocycles. The van der Waals surface area contributed by atoms with Crippen LogP contribution in [0.1, 0.15) is 31.3 Å². The van der Waals surface area contributed by atoms with Crippen molar-refractivity contribution < 1.29 is 9.47 Å². The van der Waals surface area contributed by atoms with Crippen molar-refractivity contribution in [3.8, 4) is 0 Å². The Kier molecular flexibility index (Phi) is 4.90. The Labute approximate surface area is 108 Å². The molecule has 0 saturated carbocycles. The summed E-state index contributed by atoms with van der Waals surface area (Å²) in [6.45, 7) is 4.28. The van der Waals surface area contributed by atoms with Gasteiger partial charge in [-0.15, -0.1) is 0 Å². The second kappa shape index (κ2) is 6.66. The molecule has 100 valence electrons. The minimum Gasteiger partial charge on any atom is -0.378 e. The van der Waals surface area contributed by atoms with E-state index in [-0.39, 0.29) is 6.10 Å². The van der Waals surface area contributed by atoms with Crippen molar-refractivity contribution in [1.29, 1.82) is 0 Å². The fourth-order valence-electron chi connectivity index (χ4n) is 2.15. The zero-order valence-electron chi connectivity index (χ0n) is 11.1. The summed E-state index contributed by atoms with van der Waals surface area (Å²) in [6.07, 6.45) is 3.31. The molecule has 0 aromatic carbocycles. The Morgan fingerprint density at radius 3 is 3.06 bits per heavy atom. The van der Waals surface area contributed by atoms with E-state index in [1.165, 1.54) is 0 Å². The van der Waals surface area contributed by atoms with Gasteiger partial charge in [0.05, 0.1) is 18.4 Å². The Hall–Kier alpha value is -1.20. The molecule has 0 aliphatic carbocycles. The maximum absolute atomic E-state index is 5.62. The molecule has 1 atom stereocenters. The van der Waals surface area contributed by atoms with Crippen molar-refractivity contribution >= 4 is 5.82 Å². The van der Waals surface area contributed by atoms with Crippen LogP contribution in [-0.2, 0) is 22.5 Å². The first-order valence-electron chi connectivity index (χ1n) is 6.53. The van der Waals surface area contributed by atoms with Crippen LogP contribution >= 0.6 is 0 Å². The normalized spacial score (nSPS) is 19.1. The van der Waals surface area contributed by atoms with Crippen LogP contribution < -0.4 is 5.32 Å². The average Bonchev–Trinajstić information content (AvgIpc) is 2.82. The SMILES string of the molecule is CCNc1cc(COC)nc(CC2CCCO2)n1. The maximum atomic E-state index is 5.62. The first-order chi connectivity index (χ1) is 8.81. The number of methoxy groups -OCH3 is 1. The average molecular weight is 251 g/mol. The number of nitrogens with zero attached hydrogens (tertiary/aromatic N) is 2. The van der Waals surface area contributed by atoms with Gasteiger partial charge in [-0.2, -0.15) is 0 Å². The molecule has 1 aliphatic rings. The van der Waals surface area contributed by atoms with E-state index in [2.05, 4.69) is 22.2 Å². The highest BCUT2D eigenvalue weighted by Gasteiger charge is 2.18. The minimum absolute atomic E-state index is 0.275. The predicted molar refractivity (Wildman–Crippen MR) is 69.6 cm³/mol. The predicted octanol–water partition coefficient (Wildman–Crippen LogP) is 1.78. The quantitative estimate of drug-likeness (QED) is 0.835. The smallest absolute Gasteiger partial charge is 0.133 e. The lowest BCUT2D eigenvalue weighted by atomic mass is 10.2. The standard InChI is InChI=1S/C13H21N3O2/c1-3-14-12-7-10(9-17-2)15-13(16-12)8-11-5-4-6-18-11/h7,11H,3-6,8-9H2,1-2H3,(H,14,15,16). The zero-order chi connectivity index (χ0) is 12.8. The molecular weight excluding hydrogens is 230 g/mol. The lowest BCUT2D eigenvalue weighted by Gasteiger charge is -2.11. The summed E-state index contributed by atoms with van der Waals surface area (Å²) in [4.78, 5) is 9.02. The minimum atomic E-state index is 0.275. The van der Waals surface area contributed by atoms with Gasteiger partial charge in [-0.05, 0) is 19.8 Å². The van der Waals surface area contributed by atoms with Crippen LogP contribution in [0, 0.1) is 0 Å². The van der Waals surface area contributed by atoms with Crippen LogP contribution in [0.4, 0.5) is 5.82 Å². The summed E-state index contributed by atoms with van der Waals surface area (Å²) >= 11 is 0. The molecule has 1 saturated heterocycles. The number of ether oxygens (including phenoxy) is 2. The molecule has 0 bridgehead atoms. The Morgan fingerprint density at radius 1 is 1.50 bits per heavy atom. The van der Waals surface area contributed by atoms with Crippen molar-refractivity contribution in [2.45, 2.75) is 38.9 Å². The molecular formula is C13H21N3O2. The number of hydrogen-bond donors (Lipinski definition) is 1. The molecule has 2 rings (SSSR count). The lowest BCUT2D eigenvalue weighted by molar-refractivity contribution is 0.109. The topological polar surface area (TPSA) is 56.3 Å². The molecule has 1 aliphatic heterocycles. The summed E-state index contributed by atoms with van der Waals surface area (Å²) in [7, 11) is 1.68. The molecule has 0 amide bonds. The van der Waals surface area contributed by atoms with Crippen LogP contribution in [-0.4, -0.2) is 36.3 Å². The van der Waals surface area contributed by atoms with Gasteiger partial charge < -0.3 is 14.8 Å². The summed E-state index contributed by atoms with van der Waals surface area (Å²) < 4.78 is 10.8. The molecule has 1 aromatic rings. The highest BCUT2D eigenvalue weighted by atomic mass is 16.5. The van der Waals surface area contributed by atoms with Crippen molar-refractivity contribution in [3.05, 3.63) is 17.6 Å². The molecule has 5 nitrogen and oxygen atoms in total. The van der Waals surface area contributed by atoms with Gasteiger partial charge in [0, 0.05) is 32.7 Å². The van der Waals surface area contributed by atoms with Crippen LogP contribution in [0.15, 0.2) is 6.07 Å². The monoisotopic (exact) mass is 251 g/mol. The van der Waals surface area contributed by atoms with Crippen LogP contribution in [0.3, 0.4) is 0 Å². The molecule has 0 radical (unpaired) electrons. The van der Waals surface area contributed by atoms with Crippen LogP contribution in [0.25, 0.3) is 0 Å². The highest BCUT2D eigenvalue weighted by Crippen LogP contribution is 2.17. The first kappa shape index (κ1) is 13.2. The molecule has 1 fully saturated rings. The Balaban J connectivity index is 2.10. The molecule has 2 heterocycles. The summed E-state index contributed by atoms with van der Waals surface area (Å²) in [5.41, 5.74) is 0.913. The van der Waals surface area contributed by atoms with Gasteiger partial charge in [0.1, 0.15) is 11.6 Å². The first-order valence-corrected chi connectivity index (χ1v) is 6.53. The molecule has 18 heavy (non-hydrogen) atoms. The van der Waals surface area contributed by atoms with E-state index in [4.69, 9.17) is 9.47 Å². The van der Waals surface area contributed by atoms with Gasteiger partial charge in [-0.3, -0.25) is 0 Å². The molecule has 5 heteroatoms. The van der Waals surface area contributed by atoms with Gasteiger partial charge in [-0.25, -0.2) is 9.97 Å². The number of rotatable bonds is 6. The van der Waals surface area contributed by atoms with Gasteiger partial charge in [0.15, 0.2) is 0 Å². The second-order valence-electron chi connectivity index (χ2n) is 4.46. The van der Waals surface area contributed by atoms with Gasteiger partial charge in [0.2, 0.25) is 0 Å². The van der Waals surface area contributed by atoms with E-state index in [0.717, 1.165) is 49.8 Å². The summed E-state index contributed by atoms with van der Waals surface area (Å²) in [5, 5.41) is 3.22. The van der Waals surface area contributed by atoms with Crippen LogP contribution in [0.2, 0.25) is 0 Å². The third kappa shape index (κ3) is 3.65. The van der Waals surface area contributed by atoms with E-state index in [1.807, 2.05) is 6.07 Å². The van der Waals surface area contributed by atoms with Crippen molar-refractivity contribution in [3.63, 3.8) is 0 Å². The molecule has 0 spiro atoms. The fourth-order valence-corrected chi connectivity index (χ4v) is 2.15. The third-order valence-electron chi connectivity index (χ3n) is 2.91. The Bertz CT molecular complexity index is 354. The van der Waals surface area contributed by atoms with Crippen molar-refractivity contribution in [1.82, 2.24) is 9.97 Å². The summed E-state index contributed by atoms with van der Waals surface area (Å²) in [5.74, 6) is 1.71. The fraction of sp³-hybridized carbons (Fsp3) is 0.692. The number of anilines is 1. The maximum Gasteiger partial charge on any atom is 0.133 e. The van der Waals surface area contributed by atoms with E-state index >= 15 is 0 Å². The van der Waals surface area contributed by atoms with Gasteiger partial charge in [-0.1, -0.05) is 0 Å². The number of aromatic nitrogens is 2. The highest BCUT2D eigenvalue weighted by molar-refractivity contribution is 5.35.